The van der Waals surface area contributed by atoms with E-state index in [-0.39, 0.29) is 11.6 Å². The molecule has 0 aliphatic heterocycles. The fourth-order valence-electron chi connectivity index (χ4n) is 3.44. The van der Waals surface area contributed by atoms with E-state index in [0.717, 1.165) is 17.5 Å². The molecule has 1 amide bonds. The number of nitro benzene ring substituents is 1. The summed E-state index contributed by atoms with van der Waals surface area (Å²) in [6.07, 6.45) is 3.91. The summed E-state index contributed by atoms with van der Waals surface area (Å²) >= 11 is 0. The lowest BCUT2D eigenvalue weighted by Gasteiger charge is -2.07. The molecule has 1 N–H and O–H groups in total. The van der Waals surface area contributed by atoms with Crippen LogP contribution in [-0.2, 0) is 4.79 Å². The molecule has 0 unspecified atom stereocenters. The highest BCUT2D eigenvalue weighted by atomic mass is 16.6. The van der Waals surface area contributed by atoms with Crippen LogP contribution in [0, 0.1) is 10.1 Å². The molecule has 3 aromatic carbocycles. The maximum Gasteiger partial charge on any atom is 0.270 e. The van der Waals surface area contributed by atoms with Crippen molar-refractivity contribution in [3.8, 4) is 11.5 Å². The Morgan fingerprint density at radius 3 is 2.76 bits per heavy atom. The number of aromatic nitrogens is 1. The van der Waals surface area contributed by atoms with Gasteiger partial charge in [-0.1, -0.05) is 38.1 Å². The summed E-state index contributed by atoms with van der Waals surface area (Å²) in [5.74, 6) is 0.576. The van der Waals surface area contributed by atoms with Gasteiger partial charge < -0.3 is 9.73 Å². The normalized spacial score (nSPS) is 12.2. The number of carbonyl (C=O) groups is 1. The van der Waals surface area contributed by atoms with Crippen LogP contribution in [0.2, 0.25) is 0 Å². The first-order chi connectivity index (χ1) is 15.9. The Morgan fingerprint density at radius 1 is 1.15 bits per heavy atom. The van der Waals surface area contributed by atoms with Crippen LogP contribution in [0.15, 0.2) is 77.2 Å². The first-order valence-electron chi connectivity index (χ1n) is 10.7. The van der Waals surface area contributed by atoms with Crippen LogP contribution < -0.4 is 5.32 Å². The van der Waals surface area contributed by atoms with Gasteiger partial charge in [0.15, 0.2) is 5.58 Å². The van der Waals surface area contributed by atoms with E-state index in [1.54, 1.807) is 24.3 Å². The Morgan fingerprint density at radius 2 is 1.97 bits per heavy atom. The Labute approximate surface area is 190 Å². The molecule has 1 atom stereocenters. The van der Waals surface area contributed by atoms with Gasteiger partial charge in [0.1, 0.15) is 5.52 Å². The molecule has 0 saturated carbocycles. The SMILES string of the molecule is CC[C@@H](C)c1ccc2oc(-c3cccc(NC(=O)/C=C/c4cccc([N+](=O)[O-])c4)c3)nc2c1. The standard InChI is InChI=1S/C26H23N3O4/c1-3-17(2)19-11-12-24-23(16-19)28-26(33-24)20-7-5-8-21(15-20)27-25(30)13-10-18-6-4-9-22(14-18)29(31)32/h4-17H,3H2,1-2H3,(H,27,30)/b13-10+/t17-/m1/s1. The fourth-order valence-corrected chi connectivity index (χ4v) is 3.44. The second-order valence-corrected chi connectivity index (χ2v) is 7.81. The molecule has 7 nitrogen and oxygen atoms in total. The number of hydrogen-bond acceptors (Lipinski definition) is 5. The second kappa shape index (κ2) is 9.48. The fraction of sp³-hybridized carbons (Fsp3) is 0.154. The van der Waals surface area contributed by atoms with Crippen molar-refractivity contribution in [1.82, 2.24) is 4.98 Å². The molecule has 0 bridgehead atoms. The number of rotatable bonds is 7. The number of anilines is 1. The molecule has 166 valence electrons. The van der Waals surface area contributed by atoms with Gasteiger partial charge >= 0.3 is 0 Å². The van der Waals surface area contributed by atoms with Gasteiger partial charge in [-0.3, -0.25) is 14.9 Å². The van der Waals surface area contributed by atoms with Crippen molar-refractivity contribution in [2.75, 3.05) is 5.32 Å². The summed E-state index contributed by atoms with van der Waals surface area (Å²) < 4.78 is 5.93. The van der Waals surface area contributed by atoms with Crippen LogP contribution in [0.25, 0.3) is 28.6 Å². The minimum Gasteiger partial charge on any atom is -0.436 e. The van der Waals surface area contributed by atoms with Crippen LogP contribution in [0.4, 0.5) is 11.4 Å². The molecule has 0 radical (unpaired) electrons. The summed E-state index contributed by atoms with van der Waals surface area (Å²) in [6.45, 7) is 4.34. The van der Waals surface area contributed by atoms with Crippen LogP contribution in [0.1, 0.15) is 37.3 Å². The lowest BCUT2D eigenvalue weighted by atomic mass is 9.98. The first kappa shape index (κ1) is 22.0. The van der Waals surface area contributed by atoms with Gasteiger partial charge in [0.2, 0.25) is 11.8 Å². The van der Waals surface area contributed by atoms with Crippen molar-refractivity contribution in [3.63, 3.8) is 0 Å². The number of non-ortho nitro benzene ring substituents is 1. The highest BCUT2D eigenvalue weighted by molar-refractivity contribution is 6.02. The van der Waals surface area contributed by atoms with Crippen LogP contribution in [0.3, 0.4) is 0 Å². The Hall–Kier alpha value is -4.26. The van der Waals surface area contributed by atoms with Crippen molar-refractivity contribution >= 4 is 34.5 Å². The maximum absolute atomic E-state index is 12.4. The lowest BCUT2D eigenvalue weighted by molar-refractivity contribution is -0.384. The highest BCUT2D eigenvalue weighted by Crippen LogP contribution is 2.29. The van der Waals surface area contributed by atoms with Gasteiger partial charge in [0, 0.05) is 29.5 Å². The van der Waals surface area contributed by atoms with Gasteiger partial charge in [-0.2, -0.15) is 0 Å². The predicted molar refractivity (Wildman–Crippen MR) is 129 cm³/mol. The topological polar surface area (TPSA) is 98.3 Å². The molecule has 0 aliphatic carbocycles. The van der Waals surface area contributed by atoms with E-state index in [4.69, 9.17) is 4.42 Å². The minimum absolute atomic E-state index is 0.0279. The highest BCUT2D eigenvalue weighted by Gasteiger charge is 2.12. The molecule has 1 aromatic heterocycles. The number of hydrogen-bond donors (Lipinski definition) is 1. The number of amides is 1. The number of benzene rings is 3. The molecule has 0 fully saturated rings. The summed E-state index contributed by atoms with van der Waals surface area (Å²) in [7, 11) is 0. The maximum atomic E-state index is 12.4. The third-order valence-electron chi connectivity index (χ3n) is 5.48. The van der Waals surface area contributed by atoms with E-state index in [2.05, 4.69) is 36.3 Å². The quantitative estimate of drug-likeness (QED) is 0.199. The zero-order valence-electron chi connectivity index (χ0n) is 18.3. The van der Waals surface area contributed by atoms with Crippen LogP contribution in [0.5, 0.6) is 0 Å². The molecule has 4 rings (SSSR count). The molecular formula is C26H23N3O4. The minimum atomic E-state index is -0.472. The number of nitro groups is 1. The Balaban J connectivity index is 1.50. The van der Waals surface area contributed by atoms with Crippen LogP contribution in [-0.4, -0.2) is 15.8 Å². The predicted octanol–water partition coefficient (Wildman–Crippen LogP) is 6.57. The lowest BCUT2D eigenvalue weighted by Crippen LogP contribution is -2.07. The van der Waals surface area contributed by atoms with Gasteiger partial charge in [-0.15, -0.1) is 0 Å². The number of oxazole rings is 1. The molecule has 0 saturated heterocycles. The first-order valence-corrected chi connectivity index (χ1v) is 10.7. The molecule has 7 heteroatoms. The number of nitrogens with zero attached hydrogens (tertiary/aromatic N) is 2. The van der Waals surface area contributed by atoms with E-state index in [0.29, 0.717) is 28.6 Å². The van der Waals surface area contributed by atoms with Crippen molar-refractivity contribution in [2.24, 2.45) is 0 Å². The zero-order chi connectivity index (χ0) is 23.4. The van der Waals surface area contributed by atoms with Gasteiger partial charge in [-0.25, -0.2) is 4.98 Å². The second-order valence-electron chi connectivity index (χ2n) is 7.81. The number of nitrogens with one attached hydrogen (secondary N) is 1. The summed E-state index contributed by atoms with van der Waals surface area (Å²) in [5, 5.41) is 13.7. The average Bonchev–Trinajstić information content (AvgIpc) is 3.26. The zero-order valence-corrected chi connectivity index (χ0v) is 18.3. The van der Waals surface area contributed by atoms with E-state index in [9.17, 15) is 14.9 Å². The molecular weight excluding hydrogens is 418 g/mol. The van der Waals surface area contributed by atoms with Crippen molar-refractivity contribution in [3.05, 3.63) is 94.0 Å². The monoisotopic (exact) mass is 441 g/mol. The summed E-state index contributed by atoms with van der Waals surface area (Å²) in [4.78, 5) is 27.4. The molecule has 0 spiro atoms. The van der Waals surface area contributed by atoms with Crippen molar-refractivity contribution in [2.45, 2.75) is 26.2 Å². The Bertz CT molecular complexity index is 1360. The van der Waals surface area contributed by atoms with E-state index in [1.807, 2.05) is 18.2 Å². The van der Waals surface area contributed by atoms with Crippen LogP contribution >= 0.6 is 0 Å². The molecule has 0 aliphatic rings. The smallest absolute Gasteiger partial charge is 0.270 e. The number of carbonyl (C=O) groups excluding carboxylic acids is 1. The van der Waals surface area contributed by atoms with Gasteiger partial charge in [0.05, 0.1) is 4.92 Å². The van der Waals surface area contributed by atoms with Gasteiger partial charge in [0.25, 0.3) is 5.69 Å². The molecule has 33 heavy (non-hydrogen) atoms. The van der Waals surface area contributed by atoms with Crippen molar-refractivity contribution < 1.29 is 14.1 Å². The third kappa shape index (κ3) is 5.15. The molecule has 4 aromatic rings. The summed E-state index contributed by atoms with van der Waals surface area (Å²) in [5.41, 5.74) is 4.61. The van der Waals surface area contributed by atoms with Gasteiger partial charge in [-0.05, 0) is 59.9 Å². The van der Waals surface area contributed by atoms with E-state index in [1.165, 1.54) is 29.8 Å². The number of fused-ring (bicyclic) bond motifs is 1. The van der Waals surface area contributed by atoms with E-state index < -0.39 is 4.92 Å². The average molecular weight is 441 g/mol. The third-order valence-corrected chi connectivity index (χ3v) is 5.48. The van der Waals surface area contributed by atoms with Crippen molar-refractivity contribution in [1.29, 1.82) is 0 Å². The summed E-state index contributed by atoms with van der Waals surface area (Å²) in [6, 6.07) is 19.4. The Kier molecular flexibility index (Phi) is 6.31. The van der Waals surface area contributed by atoms with E-state index >= 15 is 0 Å². The largest absolute Gasteiger partial charge is 0.436 e. The molecule has 1 heterocycles.